The number of hydrogen-bond acceptors (Lipinski definition) is 8. The number of thioether (sulfide) groups is 1. The minimum atomic E-state index is -1.33. The van der Waals surface area contributed by atoms with Crippen molar-refractivity contribution in [2.24, 2.45) is 5.73 Å². The topological polar surface area (TPSA) is 171 Å². The average Bonchev–Trinajstić information content (AvgIpc) is 2.59. The van der Waals surface area contributed by atoms with E-state index in [1.165, 1.54) is 25.6 Å². The summed E-state index contributed by atoms with van der Waals surface area (Å²) >= 11 is 5.44. The van der Waals surface area contributed by atoms with E-state index < -0.39 is 54.0 Å². The van der Waals surface area contributed by atoms with Crippen molar-refractivity contribution < 1.29 is 29.4 Å². The van der Waals surface area contributed by atoms with Gasteiger partial charge < -0.3 is 31.9 Å². The molecule has 5 atom stereocenters. The Labute approximate surface area is 167 Å². The van der Waals surface area contributed by atoms with Crippen molar-refractivity contribution in [2.45, 2.75) is 50.5 Å². The maximum atomic E-state index is 12.3. The monoisotopic (exact) mass is 424 g/mol. The van der Waals surface area contributed by atoms with Crippen molar-refractivity contribution >= 4 is 48.1 Å². The van der Waals surface area contributed by atoms with Gasteiger partial charge in [-0.1, -0.05) is 0 Å². The highest BCUT2D eigenvalue weighted by molar-refractivity contribution is 7.98. The number of rotatable bonds is 12. The molecule has 0 heterocycles. The summed E-state index contributed by atoms with van der Waals surface area (Å²) in [5.74, 6) is -2.96. The summed E-state index contributed by atoms with van der Waals surface area (Å²) in [5, 5.41) is 25.9. The van der Waals surface area contributed by atoms with E-state index in [1.807, 2.05) is 6.26 Å². The predicted molar refractivity (Wildman–Crippen MR) is 106 cm³/mol. The molecule has 5 unspecified atom stereocenters. The van der Waals surface area contributed by atoms with E-state index in [0.29, 0.717) is 5.75 Å². The number of aliphatic hydroxyl groups excluding tert-OH is 1. The Hall–Kier alpha value is -1.50. The van der Waals surface area contributed by atoms with Gasteiger partial charge in [0.1, 0.15) is 18.1 Å². The lowest BCUT2D eigenvalue weighted by atomic mass is 10.1. The van der Waals surface area contributed by atoms with Crippen LogP contribution < -0.4 is 21.7 Å². The maximum absolute atomic E-state index is 12.3. The van der Waals surface area contributed by atoms with Crippen LogP contribution in [0.15, 0.2) is 0 Å². The molecule has 0 saturated heterocycles. The van der Waals surface area contributed by atoms with Crippen molar-refractivity contribution in [1.29, 1.82) is 0 Å². The summed E-state index contributed by atoms with van der Waals surface area (Å²) in [6.45, 7) is 2.71. The number of aliphatic carboxylic acids is 1. The van der Waals surface area contributed by atoms with Gasteiger partial charge in [0.25, 0.3) is 0 Å². The zero-order chi connectivity index (χ0) is 21.1. The number of aliphatic hydroxyl groups is 1. The van der Waals surface area contributed by atoms with Crippen LogP contribution in [0.5, 0.6) is 0 Å². The highest BCUT2D eigenvalue weighted by Crippen LogP contribution is 2.03. The molecule has 0 aromatic heterocycles. The molecule has 0 spiro atoms. The van der Waals surface area contributed by atoms with Crippen LogP contribution in [-0.4, -0.2) is 81.9 Å². The first kappa shape index (κ1) is 25.5. The Morgan fingerprint density at radius 3 is 2.00 bits per heavy atom. The molecule has 0 rings (SSSR count). The van der Waals surface area contributed by atoms with Gasteiger partial charge in [-0.2, -0.15) is 24.4 Å². The molecule has 156 valence electrons. The molecular formula is C15H28N4O6S2. The standard InChI is InChI=1S/C15H28N4O6S2/c1-7(16)12(21)19-11(8(2)20)14(23)18-10(6-26)13(22)17-9(15(24)25)4-5-27-3/h7-11,20,26H,4-6,16H2,1-3H3,(H,17,22)(H,18,23)(H,19,21)(H,24,25). The average molecular weight is 425 g/mol. The van der Waals surface area contributed by atoms with E-state index in [1.54, 1.807) is 0 Å². The van der Waals surface area contributed by atoms with Crippen molar-refractivity contribution in [3.05, 3.63) is 0 Å². The largest absolute Gasteiger partial charge is 0.480 e. The molecule has 27 heavy (non-hydrogen) atoms. The van der Waals surface area contributed by atoms with E-state index >= 15 is 0 Å². The van der Waals surface area contributed by atoms with Crippen LogP contribution in [0.3, 0.4) is 0 Å². The number of carboxylic acid groups (broad SMARTS) is 1. The Kier molecular flexibility index (Phi) is 12.1. The lowest BCUT2D eigenvalue weighted by molar-refractivity contribution is -0.142. The molecule has 0 aliphatic heterocycles. The molecule has 0 aromatic rings. The smallest absolute Gasteiger partial charge is 0.326 e. The first-order chi connectivity index (χ1) is 12.5. The van der Waals surface area contributed by atoms with Crippen LogP contribution in [0.4, 0.5) is 0 Å². The van der Waals surface area contributed by atoms with Gasteiger partial charge in [0.2, 0.25) is 17.7 Å². The third kappa shape index (κ3) is 9.31. The second kappa shape index (κ2) is 12.8. The normalized spacial score (nSPS) is 16.4. The summed E-state index contributed by atoms with van der Waals surface area (Å²) < 4.78 is 0. The van der Waals surface area contributed by atoms with Crippen molar-refractivity contribution in [1.82, 2.24) is 16.0 Å². The lowest BCUT2D eigenvalue weighted by Crippen LogP contribution is -2.60. The third-order valence-corrected chi connectivity index (χ3v) is 4.53. The first-order valence-corrected chi connectivity index (χ1v) is 10.2. The van der Waals surface area contributed by atoms with Crippen molar-refractivity contribution in [3.8, 4) is 0 Å². The number of carboxylic acids is 1. The van der Waals surface area contributed by atoms with Gasteiger partial charge in [0.15, 0.2) is 0 Å². The summed E-state index contributed by atoms with van der Waals surface area (Å²) in [6, 6.07) is -4.47. The Morgan fingerprint density at radius 1 is 1.04 bits per heavy atom. The second-order valence-electron chi connectivity index (χ2n) is 5.94. The number of carbonyl (C=O) groups excluding carboxylic acids is 3. The lowest BCUT2D eigenvalue weighted by Gasteiger charge is -2.25. The number of amides is 3. The van der Waals surface area contributed by atoms with E-state index in [0.717, 1.165) is 0 Å². The second-order valence-corrected chi connectivity index (χ2v) is 7.29. The predicted octanol–water partition coefficient (Wildman–Crippen LogP) is -2.06. The number of nitrogens with two attached hydrogens (primary N) is 1. The number of hydrogen-bond donors (Lipinski definition) is 7. The molecule has 0 aromatic carbocycles. The van der Waals surface area contributed by atoms with Gasteiger partial charge in [-0.25, -0.2) is 4.79 Å². The van der Waals surface area contributed by atoms with Crippen LogP contribution in [0.1, 0.15) is 20.3 Å². The van der Waals surface area contributed by atoms with Crippen LogP contribution in [0, 0.1) is 0 Å². The molecule has 0 bridgehead atoms. The van der Waals surface area contributed by atoms with Crippen LogP contribution in [0.25, 0.3) is 0 Å². The highest BCUT2D eigenvalue weighted by atomic mass is 32.2. The van der Waals surface area contributed by atoms with Crippen LogP contribution >= 0.6 is 24.4 Å². The minimum absolute atomic E-state index is 0.111. The van der Waals surface area contributed by atoms with Crippen LogP contribution in [-0.2, 0) is 19.2 Å². The molecule has 10 nitrogen and oxygen atoms in total. The van der Waals surface area contributed by atoms with Crippen molar-refractivity contribution in [2.75, 3.05) is 17.8 Å². The zero-order valence-electron chi connectivity index (χ0n) is 15.5. The van der Waals surface area contributed by atoms with E-state index in [-0.39, 0.29) is 12.2 Å². The van der Waals surface area contributed by atoms with Gasteiger partial charge >= 0.3 is 5.97 Å². The van der Waals surface area contributed by atoms with E-state index in [4.69, 9.17) is 5.73 Å². The highest BCUT2D eigenvalue weighted by Gasteiger charge is 2.31. The summed E-state index contributed by atoms with van der Waals surface area (Å²) in [4.78, 5) is 47.6. The number of nitrogens with one attached hydrogen (secondary N) is 3. The van der Waals surface area contributed by atoms with Gasteiger partial charge in [-0.05, 0) is 32.3 Å². The molecule has 3 amide bonds. The van der Waals surface area contributed by atoms with Crippen LogP contribution in [0.2, 0.25) is 0 Å². The fourth-order valence-corrected chi connectivity index (χ4v) is 2.64. The number of carbonyl (C=O) groups is 4. The zero-order valence-corrected chi connectivity index (χ0v) is 17.2. The summed E-state index contributed by atoms with van der Waals surface area (Å²) in [5.41, 5.74) is 5.42. The fourth-order valence-electron chi connectivity index (χ4n) is 1.91. The molecule has 7 N–H and O–H groups in total. The van der Waals surface area contributed by atoms with Crippen molar-refractivity contribution in [3.63, 3.8) is 0 Å². The third-order valence-electron chi connectivity index (χ3n) is 3.52. The fraction of sp³-hybridized carbons (Fsp3) is 0.733. The molecule has 0 aliphatic carbocycles. The quantitative estimate of drug-likeness (QED) is 0.175. The summed E-state index contributed by atoms with van der Waals surface area (Å²) in [6.07, 6.45) is 0.782. The van der Waals surface area contributed by atoms with Gasteiger partial charge in [0, 0.05) is 5.75 Å². The number of thiol groups is 1. The van der Waals surface area contributed by atoms with Gasteiger partial charge in [-0.15, -0.1) is 0 Å². The van der Waals surface area contributed by atoms with Gasteiger partial charge in [0.05, 0.1) is 12.1 Å². The molecule has 0 radical (unpaired) electrons. The Morgan fingerprint density at radius 2 is 1.59 bits per heavy atom. The first-order valence-electron chi connectivity index (χ1n) is 8.22. The maximum Gasteiger partial charge on any atom is 0.326 e. The summed E-state index contributed by atoms with van der Waals surface area (Å²) in [7, 11) is 0. The Bertz CT molecular complexity index is 532. The minimum Gasteiger partial charge on any atom is -0.480 e. The molecule has 0 fully saturated rings. The van der Waals surface area contributed by atoms with Gasteiger partial charge in [-0.3, -0.25) is 14.4 Å². The van der Waals surface area contributed by atoms with E-state index in [9.17, 15) is 29.4 Å². The SMILES string of the molecule is CSCCC(NC(=O)C(CS)NC(=O)C(NC(=O)C(C)N)C(C)O)C(=O)O. The molecule has 0 saturated carbocycles. The van der Waals surface area contributed by atoms with E-state index in [2.05, 4.69) is 28.6 Å². The molecular weight excluding hydrogens is 396 g/mol. The Balaban J connectivity index is 5.04. The molecule has 12 heteroatoms. The molecule has 0 aliphatic rings.